The summed E-state index contributed by atoms with van der Waals surface area (Å²) >= 11 is 0. The largest absolute Gasteiger partial charge is 0.341 e. The maximum Gasteiger partial charge on any atom is 0.223 e. The van der Waals surface area contributed by atoms with Crippen LogP contribution in [0, 0.1) is 29.1 Å². The lowest BCUT2D eigenvalue weighted by atomic mass is 9.49. The minimum Gasteiger partial charge on any atom is -0.341 e. The first-order chi connectivity index (χ1) is 10.2. The van der Waals surface area contributed by atoms with E-state index < -0.39 is 0 Å². The fourth-order valence-corrected chi connectivity index (χ4v) is 6.99. The van der Waals surface area contributed by atoms with Gasteiger partial charge < -0.3 is 10.2 Å². The highest BCUT2D eigenvalue weighted by Gasteiger charge is 2.52. The maximum absolute atomic E-state index is 12.9. The lowest BCUT2D eigenvalue weighted by Gasteiger charge is -2.57. The van der Waals surface area contributed by atoms with Crippen LogP contribution in [0.15, 0.2) is 0 Å². The van der Waals surface area contributed by atoms with Crippen molar-refractivity contribution in [1.82, 2.24) is 10.2 Å². The minimum atomic E-state index is 0.414. The van der Waals surface area contributed by atoms with Crippen molar-refractivity contribution in [2.75, 3.05) is 19.6 Å². The van der Waals surface area contributed by atoms with Gasteiger partial charge in [-0.05, 0) is 80.6 Å². The van der Waals surface area contributed by atoms with Crippen LogP contribution in [0.2, 0.25) is 0 Å². The molecule has 6 rings (SSSR count). The average Bonchev–Trinajstić information content (AvgIpc) is 2.96. The molecule has 2 atom stereocenters. The molecule has 1 N–H and O–H groups in total. The van der Waals surface area contributed by atoms with Gasteiger partial charge in [-0.3, -0.25) is 4.79 Å². The third-order valence-electron chi connectivity index (χ3n) is 7.41. The number of hydrogen-bond acceptors (Lipinski definition) is 2. The second-order valence-corrected chi connectivity index (χ2v) is 9.00. The Hall–Kier alpha value is -0.570. The van der Waals surface area contributed by atoms with Crippen molar-refractivity contribution in [2.45, 2.75) is 57.4 Å². The Morgan fingerprint density at radius 3 is 2.33 bits per heavy atom. The van der Waals surface area contributed by atoms with E-state index in [-0.39, 0.29) is 0 Å². The van der Waals surface area contributed by atoms with Gasteiger partial charge in [-0.1, -0.05) is 0 Å². The van der Waals surface area contributed by atoms with Crippen LogP contribution in [0.1, 0.15) is 51.4 Å². The third-order valence-corrected chi connectivity index (χ3v) is 7.41. The van der Waals surface area contributed by atoms with E-state index in [0.29, 0.717) is 17.4 Å². The van der Waals surface area contributed by atoms with Gasteiger partial charge in [0.05, 0.1) is 0 Å². The smallest absolute Gasteiger partial charge is 0.223 e. The molecule has 0 aromatic heterocycles. The van der Waals surface area contributed by atoms with E-state index in [4.69, 9.17) is 0 Å². The van der Waals surface area contributed by atoms with Crippen molar-refractivity contribution >= 4 is 5.91 Å². The summed E-state index contributed by atoms with van der Waals surface area (Å²) in [6, 6.07) is 0.602. The van der Waals surface area contributed by atoms with Crippen LogP contribution < -0.4 is 5.32 Å². The van der Waals surface area contributed by atoms with Crippen LogP contribution in [-0.4, -0.2) is 36.5 Å². The maximum atomic E-state index is 12.9. The fourth-order valence-electron chi connectivity index (χ4n) is 6.99. The molecule has 21 heavy (non-hydrogen) atoms. The molecule has 1 amide bonds. The topological polar surface area (TPSA) is 32.3 Å². The minimum absolute atomic E-state index is 0.414. The Morgan fingerprint density at radius 2 is 1.71 bits per heavy atom. The van der Waals surface area contributed by atoms with Crippen LogP contribution in [0.25, 0.3) is 0 Å². The van der Waals surface area contributed by atoms with Crippen LogP contribution in [0.3, 0.4) is 0 Å². The Morgan fingerprint density at radius 1 is 1.05 bits per heavy atom. The molecule has 2 aliphatic heterocycles. The average molecular weight is 288 g/mol. The Labute approximate surface area is 127 Å². The zero-order valence-corrected chi connectivity index (χ0v) is 13.0. The highest BCUT2D eigenvalue weighted by Crippen LogP contribution is 2.61. The summed E-state index contributed by atoms with van der Waals surface area (Å²) in [6.07, 6.45) is 10.7. The molecule has 4 saturated carbocycles. The third kappa shape index (κ3) is 2.07. The van der Waals surface area contributed by atoms with Crippen LogP contribution >= 0.6 is 0 Å². The number of likely N-dealkylation sites (tertiary alicyclic amines) is 1. The van der Waals surface area contributed by atoms with E-state index in [1.54, 1.807) is 0 Å². The van der Waals surface area contributed by atoms with Gasteiger partial charge in [-0.2, -0.15) is 0 Å². The van der Waals surface area contributed by atoms with Gasteiger partial charge in [0.15, 0.2) is 0 Å². The van der Waals surface area contributed by atoms with Gasteiger partial charge >= 0.3 is 0 Å². The zero-order chi connectivity index (χ0) is 14.0. The molecule has 6 fully saturated rings. The van der Waals surface area contributed by atoms with Crippen molar-refractivity contribution in [3.05, 3.63) is 0 Å². The van der Waals surface area contributed by atoms with Crippen LogP contribution in [0.4, 0.5) is 0 Å². The summed E-state index contributed by atoms with van der Waals surface area (Å²) in [6.45, 7) is 3.17. The Kier molecular flexibility index (Phi) is 2.75. The molecule has 2 heterocycles. The molecule has 4 bridgehead atoms. The zero-order valence-electron chi connectivity index (χ0n) is 13.0. The van der Waals surface area contributed by atoms with Gasteiger partial charge in [0.25, 0.3) is 0 Å². The van der Waals surface area contributed by atoms with Gasteiger partial charge in [0.1, 0.15) is 0 Å². The number of carbonyl (C=O) groups is 1. The highest BCUT2D eigenvalue weighted by atomic mass is 16.2. The van der Waals surface area contributed by atoms with Gasteiger partial charge in [0.2, 0.25) is 5.91 Å². The second-order valence-electron chi connectivity index (χ2n) is 9.00. The van der Waals surface area contributed by atoms with E-state index in [0.717, 1.165) is 49.7 Å². The van der Waals surface area contributed by atoms with Crippen molar-refractivity contribution in [1.29, 1.82) is 0 Å². The number of nitrogens with one attached hydrogen (secondary N) is 1. The van der Waals surface area contributed by atoms with Crippen molar-refractivity contribution in [3.63, 3.8) is 0 Å². The summed E-state index contributed by atoms with van der Waals surface area (Å²) in [5.74, 6) is 4.11. The summed E-state index contributed by atoms with van der Waals surface area (Å²) in [4.78, 5) is 15.1. The number of hydrogen-bond donors (Lipinski definition) is 1. The molecule has 2 saturated heterocycles. The summed E-state index contributed by atoms with van der Waals surface area (Å²) in [5, 5.41) is 3.57. The van der Waals surface area contributed by atoms with E-state index in [1.807, 2.05) is 0 Å². The second kappa shape index (κ2) is 4.47. The van der Waals surface area contributed by atoms with E-state index in [9.17, 15) is 4.79 Å². The van der Waals surface area contributed by atoms with Crippen LogP contribution in [0.5, 0.6) is 0 Å². The number of fused-ring (bicyclic) bond motifs is 1. The van der Waals surface area contributed by atoms with Gasteiger partial charge in [-0.15, -0.1) is 0 Å². The van der Waals surface area contributed by atoms with E-state index in [1.165, 1.54) is 44.9 Å². The summed E-state index contributed by atoms with van der Waals surface area (Å²) in [7, 11) is 0. The molecule has 0 aromatic carbocycles. The predicted octanol–water partition coefficient (Wildman–Crippen LogP) is 2.41. The molecule has 3 heteroatoms. The number of rotatable bonds is 2. The standard InChI is InChI=1S/C18H28N2O/c21-17(20-10-15-1-2-19-16(15)11-20)9-18-6-12-3-13(7-18)5-14(4-12)8-18/h12-16,19H,1-11H2/t12?,13?,14?,15-,16+,18?/m0/s1. The fraction of sp³-hybridized carbons (Fsp3) is 0.944. The Bertz CT molecular complexity index is 413. The molecular formula is C18H28N2O. The normalized spacial score (nSPS) is 50.7. The summed E-state index contributed by atoms with van der Waals surface area (Å²) < 4.78 is 0. The first-order valence-corrected chi connectivity index (χ1v) is 9.20. The van der Waals surface area contributed by atoms with Crippen molar-refractivity contribution < 1.29 is 4.79 Å². The van der Waals surface area contributed by atoms with E-state index in [2.05, 4.69) is 10.2 Å². The van der Waals surface area contributed by atoms with Crippen LogP contribution in [-0.2, 0) is 4.79 Å². The predicted molar refractivity (Wildman–Crippen MR) is 81.7 cm³/mol. The molecule has 0 spiro atoms. The van der Waals surface area contributed by atoms with Gasteiger partial charge in [-0.25, -0.2) is 0 Å². The number of amides is 1. The highest BCUT2D eigenvalue weighted by molar-refractivity contribution is 5.77. The number of carbonyl (C=O) groups excluding carboxylic acids is 1. The molecule has 0 unspecified atom stereocenters. The lowest BCUT2D eigenvalue weighted by Crippen LogP contribution is -2.48. The lowest BCUT2D eigenvalue weighted by molar-refractivity contribution is -0.138. The SMILES string of the molecule is O=C(CC12CC3CC(CC(C3)C1)C2)N1C[C@@H]2CCN[C@@H]2C1. The van der Waals surface area contributed by atoms with Gasteiger partial charge in [0, 0.05) is 25.6 Å². The monoisotopic (exact) mass is 288 g/mol. The number of nitrogens with zero attached hydrogens (tertiary/aromatic N) is 1. The molecule has 4 aliphatic carbocycles. The molecule has 0 radical (unpaired) electrons. The first-order valence-electron chi connectivity index (χ1n) is 9.20. The molecular weight excluding hydrogens is 260 g/mol. The quantitative estimate of drug-likeness (QED) is 0.846. The first kappa shape index (κ1) is 12.9. The molecule has 3 nitrogen and oxygen atoms in total. The molecule has 0 aromatic rings. The van der Waals surface area contributed by atoms with E-state index >= 15 is 0 Å². The molecule has 116 valence electrons. The van der Waals surface area contributed by atoms with Crippen molar-refractivity contribution in [3.8, 4) is 0 Å². The van der Waals surface area contributed by atoms with Crippen molar-refractivity contribution in [2.24, 2.45) is 29.1 Å². The summed E-state index contributed by atoms with van der Waals surface area (Å²) in [5.41, 5.74) is 0.414. The Balaban J connectivity index is 1.28. The molecule has 6 aliphatic rings.